The summed E-state index contributed by atoms with van der Waals surface area (Å²) in [6, 6.07) is 8.73. The largest absolute Gasteiger partial charge is 0.346 e. The van der Waals surface area contributed by atoms with E-state index in [4.69, 9.17) is 0 Å². The zero-order valence-corrected chi connectivity index (χ0v) is 14.7. The van der Waals surface area contributed by atoms with Gasteiger partial charge in [0.2, 0.25) is 0 Å². The number of carbonyl (C=O) groups excluding carboxylic acids is 1. The molecule has 1 amide bonds. The van der Waals surface area contributed by atoms with Gasteiger partial charge in [0.1, 0.15) is 5.82 Å². The van der Waals surface area contributed by atoms with E-state index in [1.165, 1.54) is 23.5 Å². The van der Waals surface area contributed by atoms with Crippen LogP contribution in [0.2, 0.25) is 0 Å². The highest BCUT2D eigenvalue weighted by Crippen LogP contribution is 2.33. The lowest BCUT2D eigenvalue weighted by Gasteiger charge is -2.18. The summed E-state index contributed by atoms with van der Waals surface area (Å²) < 4.78 is 15.9. The Balaban J connectivity index is 1.70. The molecule has 1 heterocycles. The van der Waals surface area contributed by atoms with Crippen molar-refractivity contribution in [2.24, 2.45) is 0 Å². The number of hydrogen-bond donors (Lipinski definition) is 1. The average molecular weight is 377 g/mol. The number of anilines is 1. The number of halogens is 2. The molecule has 1 aliphatic rings. The molecule has 0 spiro atoms. The summed E-state index contributed by atoms with van der Waals surface area (Å²) in [6.45, 7) is 4.17. The molecule has 0 saturated heterocycles. The number of nitrogens with zero attached hydrogens (tertiary/aromatic N) is 1. The normalized spacial score (nSPS) is 17.2. The maximum absolute atomic E-state index is 13.1. The first-order chi connectivity index (χ1) is 11.0. The molecule has 0 fully saturated rings. The first-order valence-electron chi connectivity index (χ1n) is 7.55. The van der Waals surface area contributed by atoms with Crippen molar-refractivity contribution in [2.75, 3.05) is 5.32 Å². The van der Waals surface area contributed by atoms with Crippen molar-refractivity contribution in [1.82, 2.24) is 4.57 Å². The van der Waals surface area contributed by atoms with Gasteiger partial charge >= 0.3 is 0 Å². The molecule has 1 aromatic carbocycles. The van der Waals surface area contributed by atoms with Crippen LogP contribution in [0.15, 0.2) is 46.5 Å². The molecule has 0 aliphatic heterocycles. The van der Waals surface area contributed by atoms with Crippen molar-refractivity contribution in [3.05, 3.63) is 63.7 Å². The van der Waals surface area contributed by atoms with Crippen molar-refractivity contribution in [3.8, 4) is 0 Å². The van der Waals surface area contributed by atoms with Crippen LogP contribution in [0.4, 0.5) is 10.1 Å². The van der Waals surface area contributed by atoms with Crippen LogP contribution >= 0.6 is 15.9 Å². The van der Waals surface area contributed by atoms with E-state index >= 15 is 0 Å². The monoisotopic (exact) mass is 376 g/mol. The molecule has 0 unspecified atom stereocenters. The van der Waals surface area contributed by atoms with Gasteiger partial charge in [-0.05, 0) is 73.0 Å². The van der Waals surface area contributed by atoms with Crippen molar-refractivity contribution < 1.29 is 9.18 Å². The van der Waals surface area contributed by atoms with Crippen LogP contribution in [0, 0.1) is 19.7 Å². The molecule has 23 heavy (non-hydrogen) atoms. The second-order valence-electron chi connectivity index (χ2n) is 5.89. The Morgan fingerprint density at radius 3 is 2.61 bits per heavy atom. The molecular weight excluding hydrogens is 359 g/mol. The second-order valence-corrected chi connectivity index (χ2v) is 6.74. The molecule has 1 N–H and O–H groups in total. The van der Waals surface area contributed by atoms with Gasteiger partial charge in [-0.3, -0.25) is 4.79 Å². The van der Waals surface area contributed by atoms with Crippen molar-refractivity contribution in [3.63, 3.8) is 0 Å². The van der Waals surface area contributed by atoms with Gasteiger partial charge in [-0.1, -0.05) is 6.08 Å². The predicted molar refractivity (Wildman–Crippen MR) is 93.0 cm³/mol. The average Bonchev–Trinajstić information content (AvgIpc) is 3.09. The number of allylic oxidation sites excluding steroid dienone is 1. The SMILES string of the molecule is Cc1ccc(C)n1[C@@H]1CC=C(C(=O)Nc2ccc(F)cc2Br)C1. The minimum absolute atomic E-state index is 0.123. The Labute approximate surface area is 143 Å². The quantitative estimate of drug-likeness (QED) is 0.811. The number of aromatic nitrogens is 1. The van der Waals surface area contributed by atoms with E-state index in [-0.39, 0.29) is 11.7 Å². The van der Waals surface area contributed by atoms with Crippen LogP contribution in [0.3, 0.4) is 0 Å². The van der Waals surface area contributed by atoms with Crippen LogP contribution < -0.4 is 5.32 Å². The third-order valence-electron chi connectivity index (χ3n) is 4.25. The highest BCUT2D eigenvalue weighted by atomic mass is 79.9. The summed E-state index contributed by atoms with van der Waals surface area (Å²) >= 11 is 3.27. The number of hydrogen-bond acceptors (Lipinski definition) is 1. The second kappa shape index (κ2) is 6.32. The summed E-state index contributed by atoms with van der Waals surface area (Å²) in [7, 11) is 0. The Hall–Kier alpha value is -1.88. The number of rotatable bonds is 3. The van der Waals surface area contributed by atoms with Crippen LogP contribution in [0.5, 0.6) is 0 Å². The van der Waals surface area contributed by atoms with E-state index in [1.807, 2.05) is 6.08 Å². The van der Waals surface area contributed by atoms with Gasteiger partial charge in [-0.2, -0.15) is 0 Å². The van der Waals surface area contributed by atoms with E-state index in [0.717, 1.165) is 12.0 Å². The van der Waals surface area contributed by atoms with Gasteiger partial charge in [0.25, 0.3) is 5.91 Å². The smallest absolute Gasteiger partial charge is 0.251 e. The van der Waals surface area contributed by atoms with Crippen LogP contribution in [-0.4, -0.2) is 10.5 Å². The molecule has 5 heteroatoms. The molecule has 3 nitrogen and oxygen atoms in total. The zero-order chi connectivity index (χ0) is 16.6. The summed E-state index contributed by atoms with van der Waals surface area (Å²) in [5.41, 5.74) is 3.78. The number of carbonyl (C=O) groups is 1. The minimum Gasteiger partial charge on any atom is -0.346 e. The maximum atomic E-state index is 13.1. The van der Waals surface area contributed by atoms with Crippen molar-refractivity contribution in [2.45, 2.75) is 32.7 Å². The lowest BCUT2D eigenvalue weighted by Crippen LogP contribution is -2.16. The van der Waals surface area contributed by atoms with E-state index < -0.39 is 0 Å². The Bertz CT molecular complexity index is 775. The summed E-state index contributed by atoms with van der Waals surface area (Å²) in [6.07, 6.45) is 3.56. The van der Waals surface area contributed by atoms with Gasteiger partial charge in [0.05, 0.1) is 5.69 Å². The van der Waals surface area contributed by atoms with Crippen LogP contribution in [-0.2, 0) is 4.79 Å². The van der Waals surface area contributed by atoms with E-state index in [9.17, 15) is 9.18 Å². The third kappa shape index (κ3) is 3.24. The fourth-order valence-electron chi connectivity index (χ4n) is 3.13. The molecule has 2 aromatic rings. The molecule has 3 rings (SSSR count). The molecule has 0 bridgehead atoms. The molecule has 0 saturated carbocycles. The summed E-state index contributed by atoms with van der Waals surface area (Å²) in [4.78, 5) is 12.4. The molecule has 120 valence electrons. The molecule has 1 aliphatic carbocycles. The zero-order valence-electron chi connectivity index (χ0n) is 13.1. The number of amides is 1. The summed E-state index contributed by atoms with van der Waals surface area (Å²) in [5, 5.41) is 2.84. The van der Waals surface area contributed by atoms with E-state index in [2.05, 4.69) is 51.8 Å². The fraction of sp³-hybridized carbons (Fsp3) is 0.278. The molecule has 0 radical (unpaired) electrons. The lowest BCUT2D eigenvalue weighted by atomic mass is 10.1. The molecular formula is C18H18BrFN2O. The van der Waals surface area contributed by atoms with Gasteiger partial charge in [-0.15, -0.1) is 0 Å². The van der Waals surface area contributed by atoms with Crippen LogP contribution in [0.1, 0.15) is 30.3 Å². The van der Waals surface area contributed by atoms with Gasteiger partial charge in [0, 0.05) is 27.5 Å². The Morgan fingerprint density at radius 1 is 1.26 bits per heavy atom. The number of nitrogens with one attached hydrogen (secondary N) is 1. The fourth-order valence-corrected chi connectivity index (χ4v) is 3.58. The summed E-state index contributed by atoms with van der Waals surface area (Å²) in [5.74, 6) is -0.462. The van der Waals surface area contributed by atoms with E-state index in [1.54, 1.807) is 6.07 Å². The lowest BCUT2D eigenvalue weighted by molar-refractivity contribution is -0.113. The van der Waals surface area contributed by atoms with Gasteiger partial charge < -0.3 is 9.88 Å². The Kier molecular flexibility index (Phi) is 4.39. The van der Waals surface area contributed by atoms with Gasteiger partial charge in [0.15, 0.2) is 0 Å². The van der Waals surface area contributed by atoms with E-state index in [0.29, 0.717) is 22.6 Å². The maximum Gasteiger partial charge on any atom is 0.251 e. The molecule has 1 aromatic heterocycles. The highest BCUT2D eigenvalue weighted by Gasteiger charge is 2.24. The number of benzene rings is 1. The minimum atomic E-state index is -0.339. The first-order valence-corrected chi connectivity index (χ1v) is 8.35. The predicted octanol–water partition coefficient (Wildman–Crippen LogP) is 4.91. The third-order valence-corrected chi connectivity index (χ3v) is 4.91. The van der Waals surface area contributed by atoms with Crippen molar-refractivity contribution >= 4 is 27.5 Å². The first kappa shape index (κ1) is 16.0. The topological polar surface area (TPSA) is 34.0 Å². The van der Waals surface area contributed by atoms with Crippen LogP contribution in [0.25, 0.3) is 0 Å². The molecule has 1 atom stereocenters. The van der Waals surface area contributed by atoms with Gasteiger partial charge in [-0.25, -0.2) is 4.39 Å². The Morgan fingerprint density at radius 2 is 1.96 bits per heavy atom. The highest BCUT2D eigenvalue weighted by molar-refractivity contribution is 9.10. The van der Waals surface area contributed by atoms with Crippen molar-refractivity contribution in [1.29, 1.82) is 0 Å². The standard InChI is InChI=1S/C18H18BrFN2O/c1-11-3-4-12(2)22(11)15-7-5-13(9-15)18(23)21-17-8-6-14(20)10-16(17)19/h3-6,8,10,15H,7,9H2,1-2H3,(H,21,23)/t15-/m1/s1. The number of aryl methyl sites for hydroxylation is 2.